The molecule has 0 aliphatic carbocycles. The molecule has 0 saturated heterocycles. The van der Waals surface area contributed by atoms with Gasteiger partial charge in [0.2, 0.25) is 0 Å². The van der Waals surface area contributed by atoms with E-state index in [1.54, 1.807) is 12.1 Å². The average Bonchev–Trinajstić information content (AvgIpc) is 2.38. The minimum absolute atomic E-state index is 0.0757. The van der Waals surface area contributed by atoms with Gasteiger partial charge < -0.3 is 4.74 Å². The van der Waals surface area contributed by atoms with Gasteiger partial charge in [-0.25, -0.2) is 4.39 Å². The van der Waals surface area contributed by atoms with Crippen molar-refractivity contribution in [3.63, 3.8) is 0 Å². The molecule has 0 bridgehead atoms. The van der Waals surface area contributed by atoms with Crippen LogP contribution >= 0.6 is 11.6 Å². The second-order valence-corrected chi connectivity index (χ2v) is 4.66. The number of hydrogen-bond acceptors (Lipinski definition) is 2. The number of carbonyl (C=O) groups excluding carboxylic acids is 1. The molecule has 0 unspecified atom stereocenters. The lowest BCUT2D eigenvalue weighted by atomic mass is 10.1. The summed E-state index contributed by atoms with van der Waals surface area (Å²) in [6, 6.07) is 7.54. The van der Waals surface area contributed by atoms with Crippen molar-refractivity contribution in [1.82, 2.24) is 0 Å². The van der Waals surface area contributed by atoms with Crippen molar-refractivity contribution in [1.29, 1.82) is 0 Å². The first-order valence-corrected chi connectivity index (χ1v) is 6.08. The van der Waals surface area contributed by atoms with E-state index >= 15 is 0 Å². The monoisotopic (exact) mass is 278 g/mol. The number of carbonyl (C=O) groups is 1. The molecule has 0 saturated carbocycles. The van der Waals surface area contributed by atoms with Crippen LogP contribution in [0.1, 0.15) is 21.5 Å². The quantitative estimate of drug-likeness (QED) is 0.761. The molecule has 2 nitrogen and oxygen atoms in total. The molecule has 0 spiro atoms. The van der Waals surface area contributed by atoms with E-state index in [-0.39, 0.29) is 11.3 Å². The second-order valence-electron chi connectivity index (χ2n) is 4.28. The third-order valence-electron chi connectivity index (χ3n) is 2.73. The molecule has 0 N–H and O–H groups in total. The zero-order valence-electron chi connectivity index (χ0n) is 10.5. The number of benzene rings is 2. The highest BCUT2D eigenvalue weighted by Gasteiger charge is 2.08. The van der Waals surface area contributed by atoms with Crippen LogP contribution in [0.5, 0.6) is 11.5 Å². The third kappa shape index (κ3) is 2.93. The lowest BCUT2D eigenvalue weighted by Gasteiger charge is -2.10. The van der Waals surface area contributed by atoms with Gasteiger partial charge in [0.25, 0.3) is 0 Å². The predicted octanol–water partition coefficient (Wildman–Crippen LogP) is 4.70. The molecule has 0 aromatic heterocycles. The standard InChI is InChI=1S/C15H12ClFO2/c1-9-5-12(6-10(2)15(9)16)19-14-4-3-11(8-18)7-13(14)17/h3-8H,1-2H3. The van der Waals surface area contributed by atoms with E-state index in [0.717, 1.165) is 17.2 Å². The van der Waals surface area contributed by atoms with E-state index in [9.17, 15) is 9.18 Å². The fourth-order valence-corrected chi connectivity index (χ4v) is 1.87. The molecule has 0 atom stereocenters. The Morgan fingerprint density at radius 2 is 1.79 bits per heavy atom. The Morgan fingerprint density at radius 1 is 1.16 bits per heavy atom. The van der Waals surface area contributed by atoms with Crippen molar-refractivity contribution in [2.75, 3.05) is 0 Å². The highest BCUT2D eigenvalue weighted by molar-refractivity contribution is 6.32. The first-order valence-electron chi connectivity index (χ1n) is 5.70. The number of hydrogen-bond donors (Lipinski definition) is 0. The normalized spacial score (nSPS) is 10.3. The zero-order chi connectivity index (χ0) is 14.0. The van der Waals surface area contributed by atoms with Crippen molar-refractivity contribution in [3.05, 3.63) is 57.9 Å². The topological polar surface area (TPSA) is 26.3 Å². The Bertz CT molecular complexity index is 615. The number of rotatable bonds is 3. The van der Waals surface area contributed by atoms with Crippen LogP contribution < -0.4 is 4.74 Å². The lowest BCUT2D eigenvalue weighted by Crippen LogP contribution is -1.92. The van der Waals surface area contributed by atoms with E-state index in [0.29, 0.717) is 17.1 Å². The maximum Gasteiger partial charge on any atom is 0.166 e. The van der Waals surface area contributed by atoms with Crippen LogP contribution in [0.2, 0.25) is 5.02 Å². The molecule has 0 amide bonds. The molecular weight excluding hydrogens is 267 g/mol. The molecule has 98 valence electrons. The fraction of sp³-hybridized carbons (Fsp3) is 0.133. The zero-order valence-corrected chi connectivity index (χ0v) is 11.3. The van der Waals surface area contributed by atoms with Gasteiger partial charge in [0.15, 0.2) is 11.6 Å². The molecule has 0 heterocycles. The summed E-state index contributed by atoms with van der Waals surface area (Å²) in [6.45, 7) is 3.71. The van der Waals surface area contributed by atoms with Crippen LogP contribution in [0.25, 0.3) is 0 Å². The summed E-state index contributed by atoms with van der Waals surface area (Å²) >= 11 is 6.05. The van der Waals surface area contributed by atoms with Gasteiger partial charge in [0.05, 0.1) is 0 Å². The van der Waals surface area contributed by atoms with Gasteiger partial charge in [-0.3, -0.25) is 4.79 Å². The van der Waals surface area contributed by atoms with Gasteiger partial charge in [-0.2, -0.15) is 0 Å². The summed E-state index contributed by atoms with van der Waals surface area (Å²) < 4.78 is 19.2. The summed E-state index contributed by atoms with van der Waals surface area (Å²) in [7, 11) is 0. The van der Waals surface area contributed by atoms with Crippen LogP contribution in [0.15, 0.2) is 30.3 Å². The Balaban J connectivity index is 2.33. The van der Waals surface area contributed by atoms with E-state index in [1.807, 2.05) is 13.8 Å². The summed E-state index contributed by atoms with van der Waals surface area (Å²) in [5.74, 6) is 0.0127. The molecule has 0 aliphatic rings. The molecule has 2 aromatic carbocycles. The van der Waals surface area contributed by atoms with Crippen molar-refractivity contribution in [2.45, 2.75) is 13.8 Å². The molecule has 0 fully saturated rings. The van der Waals surface area contributed by atoms with Crippen molar-refractivity contribution in [2.24, 2.45) is 0 Å². The first kappa shape index (κ1) is 13.6. The molecule has 0 aliphatic heterocycles. The Labute approximate surface area is 115 Å². The Kier molecular flexibility index (Phi) is 3.86. The smallest absolute Gasteiger partial charge is 0.166 e. The largest absolute Gasteiger partial charge is 0.454 e. The van der Waals surface area contributed by atoms with Crippen LogP contribution in [-0.4, -0.2) is 6.29 Å². The third-order valence-corrected chi connectivity index (χ3v) is 3.33. The Hall–Kier alpha value is -1.87. The van der Waals surface area contributed by atoms with Gasteiger partial charge in [0, 0.05) is 10.6 Å². The molecule has 0 radical (unpaired) electrons. The highest BCUT2D eigenvalue weighted by Crippen LogP contribution is 2.30. The summed E-state index contributed by atoms with van der Waals surface area (Å²) in [4.78, 5) is 10.5. The van der Waals surface area contributed by atoms with Gasteiger partial charge in [0.1, 0.15) is 12.0 Å². The highest BCUT2D eigenvalue weighted by atomic mass is 35.5. The fourth-order valence-electron chi connectivity index (χ4n) is 1.77. The molecular formula is C15H12ClFO2. The lowest BCUT2D eigenvalue weighted by molar-refractivity contribution is 0.112. The molecule has 4 heteroatoms. The van der Waals surface area contributed by atoms with Gasteiger partial charge >= 0.3 is 0 Å². The van der Waals surface area contributed by atoms with Crippen LogP contribution in [-0.2, 0) is 0 Å². The second kappa shape index (κ2) is 5.41. The first-order chi connectivity index (χ1) is 9.01. The molecule has 2 aromatic rings. The number of halogens is 2. The average molecular weight is 279 g/mol. The van der Waals surface area contributed by atoms with Crippen molar-refractivity contribution in [3.8, 4) is 11.5 Å². The number of ether oxygens (including phenoxy) is 1. The number of aryl methyl sites for hydroxylation is 2. The molecule has 2 rings (SSSR count). The minimum atomic E-state index is -0.574. The maximum absolute atomic E-state index is 13.7. The maximum atomic E-state index is 13.7. The van der Waals surface area contributed by atoms with Gasteiger partial charge in [-0.05, 0) is 55.3 Å². The van der Waals surface area contributed by atoms with E-state index in [1.165, 1.54) is 12.1 Å². The van der Waals surface area contributed by atoms with Crippen molar-refractivity contribution < 1.29 is 13.9 Å². The number of aldehydes is 1. The summed E-state index contributed by atoms with van der Waals surface area (Å²) in [5.41, 5.74) is 2.00. The van der Waals surface area contributed by atoms with Gasteiger partial charge in [-0.15, -0.1) is 0 Å². The minimum Gasteiger partial charge on any atom is -0.454 e. The SMILES string of the molecule is Cc1cc(Oc2ccc(C=O)cc2F)cc(C)c1Cl. The predicted molar refractivity (Wildman–Crippen MR) is 72.8 cm³/mol. The van der Waals surface area contributed by atoms with Crippen LogP contribution in [0.4, 0.5) is 4.39 Å². The van der Waals surface area contributed by atoms with E-state index < -0.39 is 5.82 Å². The Morgan fingerprint density at radius 3 is 2.32 bits per heavy atom. The summed E-state index contributed by atoms with van der Waals surface area (Å²) in [5, 5.41) is 0.670. The van der Waals surface area contributed by atoms with Gasteiger partial charge in [-0.1, -0.05) is 11.6 Å². The summed E-state index contributed by atoms with van der Waals surface area (Å²) in [6.07, 6.45) is 0.587. The van der Waals surface area contributed by atoms with Crippen molar-refractivity contribution >= 4 is 17.9 Å². The molecule has 19 heavy (non-hydrogen) atoms. The van der Waals surface area contributed by atoms with E-state index in [2.05, 4.69) is 0 Å². The van der Waals surface area contributed by atoms with Crippen LogP contribution in [0, 0.1) is 19.7 Å². The van der Waals surface area contributed by atoms with E-state index in [4.69, 9.17) is 16.3 Å². The van der Waals surface area contributed by atoms with Crippen LogP contribution in [0.3, 0.4) is 0 Å².